The second kappa shape index (κ2) is 8.03. The van der Waals surface area contributed by atoms with E-state index in [1.165, 1.54) is 12.3 Å². The highest BCUT2D eigenvalue weighted by molar-refractivity contribution is 9.10. The van der Waals surface area contributed by atoms with Crippen LogP contribution in [-0.2, 0) is 16.6 Å². The molecule has 0 saturated carbocycles. The summed E-state index contributed by atoms with van der Waals surface area (Å²) < 4.78 is 47.0. The van der Waals surface area contributed by atoms with Crippen LogP contribution >= 0.6 is 15.9 Å². The van der Waals surface area contributed by atoms with Gasteiger partial charge in [-0.25, -0.2) is 17.5 Å². The van der Waals surface area contributed by atoms with Gasteiger partial charge in [0.05, 0.1) is 12.8 Å². The maximum Gasteiger partial charge on any atom is 0.255 e. The molecule has 0 aliphatic carbocycles. The first-order chi connectivity index (χ1) is 12.8. The highest BCUT2D eigenvalue weighted by atomic mass is 79.9. The van der Waals surface area contributed by atoms with Crippen molar-refractivity contribution in [2.75, 3.05) is 5.32 Å². The van der Waals surface area contributed by atoms with Crippen molar-refractivity contribution in [3.63, 3.8) is 0 Å². The molecule has 2 N–H and O–H groups in total. The number of rotatable bonds is 6. The molecule has 0 radical (unpaired) electrons. The van der Waals surface area contributed by atoms with Crippen LogP contribution in [0, 0.1) is 5.82 Å². The standard InChI is InChI=1S/C18H14BrFN2O4S/c19-13-4-6-14(7-5-13)22-18(23)12-3-8-16(20)17(10-12)27(24,25)21-11-15-2-1-9-26-15/h1-10,21H,11H2,(H,22,23). The maximum absolute atomic E-state index is 14.1. The van der Waals surface area contributed by atoms with Crippen molar-refractivity contribution in [2.45, 2.75) is 11.4 Å². The average molecular weight is 453 g/mol. The van der Waals surface area contributed by atoms with Gasteiger partial charge in [-0.05, 0) is 54.6 Å². The summed E-state index contributed by atoms with van der Waals surface area (Å²) in [4.78, 5) is 11.7. The van der Waals surface area contributed by atoms with Crippen LogP contribution in [0.2, 0.25) is 0 Å². The van der Waals surface area contributed by atoms with Gasteiger partial charge in [0.15, 0.2) is 0 Å². The molecule has 9 heteroatoms. The van der Waals surface area contributed by atoms with E-state index in [4.69, 9.17) is 4.42 Å². The van der Waals surface area contributed by atoms with Crippen LogP contribution in [0.4, 0.5) is 10.1 Å². The minimum atomic E-state index is -4.17. The number of carbonyl (C=O) groups is 1. The molecule has 1 heterocycles. The lowest BCUT2D eigenvalue weighted by Crippen LogP contribution is -2.24. The molecule has 27 heavy (non-hydrogen) atoms. The number of hydrogen-bond acceptors (Lipinski definition) is 4. The van der Waals surface area contributed by atoms with Crippen LogP contribution in [0.15, 0.2) is 74.6 Å². The third-order valence-corrected chi connectivity index (χ3v) is 5.55. The van der Waals surface area contributed by atoms with Crippen molar-refractivity contribution in [1.82, 2.24) is 4.72 Å². The Labute approximate surface area is 163 Å². The van der Waals surface area contributed by atoms with Gasteiger partial charge in [-0.1, -0.05) is 15.9 Å². The molecule has 2 aromatic carbocycles. The number of halogens is 2. The first-order valence-electron chi connectivity index (χ1n) is 7.74. The summed E-state index contributed by atoms with van der Waals surface area (Å²) >= 11 is 3.29. The van der Waals surface area contributed by atoms with E-state index < -0.39 is 26.6 Å². The van der Waals surface area contributed by atoms with Crippen molar-refractivity contribution in [2.24, 2.45) is 0 Å². The van der Waals surface area contributed by atoms with Gasteiger partial charge in [0.25, 0.3) is 5.91 Å². The maximum atomic E-state index is 14.1. The molecular formula is C18H14BrFN2O4S. The fourth-order valence-electron chi connectivity index (χ4n) is 2.24. The van der Waals surface area contributed by atoms with Gasteiger partial charge >= 0.3 is 0 Å². The van der Waals surface area contributed by atoms with Crippen molar-refractivity contribution >= 4 is 37.5 Å². The molecule has 0 saturated heterocycles. The third-order valence-electron chi connectivity index (χ3n) is 3.60. The molecule has 0 fully saturated rings. The third kappa shape index (κ3) is 4.82. The fourth-order valence-corrected chi connectivity index (χ4v) is 3.60. The molecule has 1 aromatic heterocycles. The largest absolute Gasteiger partial charge is 0.468 e. The number of nitrogens with one attached hydrogen (secondary N) is 2. The zero-order valence-corrected chi connectivity index (χ0v) is 16.2. The summed E-state index contributed by atoms with van der Waals surface area (Å²) in [6.45, 7) is -0.135. The predicted molar refractivity (Wildman–Crippen MR) is 101 cm³/mol. The Morgan fingerprint density at radius 2 is 1.85 bits per heavy atom. The second-order valence-electron chi connectivity index (χ2n) is 5.51. The van der Waals surface area contributed by atoms with E-state index in [1.54, 1.807) is 36.4 Å². The highest BCUT2D eigenvalue weighted by Gasteiger charge is 2.21. The normalized spacial score (nSPS) is 11.3. The van der Waals surface area contributed by atoms with Gasteiger partial charge in [-0.15, -0.1) is 0 Å². The van der Waals surface area contributed by atoms with E-state index >= 15 is 0 Å². The van der Waals surface area contributed by atoms with Crippen molar-refractivity contribution in [3.8, 4) is 0 Å². The lowest BCUT2D eigenvalue weighted by Gasteiger charge is -2.10. The predicted octanol–water partition coefficient (Wildman–Crippen LogP) is 3.91. The molecule has 0 aliphatic heterocycles. The molecule has 6 nitrogen and oxygen atoms in total. The second-order valence-corrected chi connectivity index (χ2v) is 8.16. The van der Waals surface area contributed by atoms with E-state index in [0.717, 1.165) is 16.6 Å². The Morgan fingerprint density at radius 1 is 1.11 bits per heavy atom. The van der Waals surface area contributed by atoms with Crippen LogP contribution in [0.25, 0.3) is 0 Å². The summed E-state index contributed by atoms with van der Waals surface area (Å²) in [5, 5.41) is 2.63. The first-order valence-corrected chi connectivity index (χ1v) is 10.0. The number of hydrogen-bond donors (Lipinski definition) is 2. The lowest BCUT2D eigenvalue weighted by molar-refractivity contribution is 0.102. The minimum absolute atomic E-state index is 0.0118. The van der Waals surface area contributed by atoms with Crippen molar-refractivity contribution in [1.29, 1.82) is 0 Å². The molecular weight excluding hydrogens is 439 g/mol. The van der Waals surface area contributed by atoms with Gasteiger partial charge in [-0.3, -0.25) is 4.79 Å². The molecule has 0 spiro atoms. The molecule has 0 unspecified atom stereocenters. The van der Waals surface area contributed by atoms with Crippen LogP contribution in [0.3, 0.4) is 0 Å². The van der Waals surface area contributed by atoms with Gasteiger partial charge in [0, 0.05) is 15.7 Å². The Bertz CT molecular complexity index is 1050. The van der Waals surface area contributed by atoms with Gasteiger partial charge in [0.1, 0.15) is 16.5 Å². The zero-order valence-electron chi connectivity index (χ0n) is 13.8. The van der Waals surface area contributed by atoms with Gasteiger partial charge < -0.3 is 9.73 Å². The average Bonchev–Trinajstić information content (AvgIpc) is 3.16. The Hall–Kier alpha value is -2.49. The zero-order chi connectivity index (χ0) is 19.4. The number of amides is 1. The number of sulfonamides is 1. The first kappa shape index (κ1) is 19.3. The number of furan rings is 1. The number of benzene rings is 2. The molecule has 0 bridgehead atoms. The minimum Gasteiger partial charge on any atom is -0.468 e. The molecule has 3 rings (SSSR count). The summed E-state index contributed by atoms with van der Waals surface area (Å²) in [6, 6.07) is 13.2. The topological polar surface area (TPSA) is 88.4 Å². The van der Waals surface area contributed by atoms with Crippen LogP contribution in [0.5, 0.6) is 0 Å². The Balaban J connectivity index is 1.80. The van der Waals surface area contributed by atoms with Crippen molar-refractivity contribution in [3.05, 3.63) is 82.5 Å². The summed E-state index contributed by atoms with van der Waals surface area (Å²) in [7, 11) is -4.17. The molecule has 3 aromatic rings. The highest BCUT2D eigenvalue weighted by Crippen LogP contribution is 2.19. The fraction of sp³-hybridized carbons (Fsp3) is 0.0556. The number of anilines is 1. The van der Waals surface area contributed by atoms with Gasteiger partial charge in [-0.2, -0.15) is 0 Å². The quantitative estimate of drug-likeness (QED) is 0.593. The Kier molecular flexibility index (Phi) is 5.73. The smallest absolute Gasteiger partial charge is 0.255 e. The SMILES string of the molecule is O=C(Nc1ccc(Br)cc1)c1ccc(F)c(S(=O)(=O)NCc2ccco2)c1. The van der Waals surface area contributed by atoms with E-state index in [1.807, 2.05) is 0 Å². The van der Waals surface area contributed by atoms with E-state index in [2.05, 4.69) is 26.0 Å². The van der Waals surface area contributed by atoms with Crippen LogP contribution < -0.4 is 10.0 Å². The lowest BCUT2D eigenvalue weighted by atomic mass is 10.2. The molecule has 0 atom stereocenters. The van der Waals surface area contributed by atoms with E-state index in [0.29, 0.717) is 11.4 Å². The number of carbonyl (C=O) groups excluding carboxylic acids is 1. The monoisotopic (exact) mass is 452 g/mol. The van der Waals surface area contributed by atoms with Gasteiger partial charge in [0.2, 0.25) is 10.0 Å². The van der Waals surface area contributed by atoms with Crippen LogP contribution in [-0.4, -0.2) is 14.3 Å². The van der Waals surface area contributed by atoms with Crippen LogP contribution in [0.1, 0.15) is 16.1 Å². The summed E-state index contributed by atoms with van der Waals surface area (Å²) in [5.74, 6) is -1.13. The molecule has 0 aliphatic rings. The summed E-state index contributed by atoms with van der Waals surface area (Å²) in [5.41, 5.74) is 0.533. The summed E-state index contributed by atoms with van der Waals surface area (Å²) in [6.07, 6.45) is 1.40. The Morgan fingerprint density at radius 3 is 2.52 bits per heavy atom. The van der Waals surface area contributed by atoms with E-state index in [-0.39, 0.29) is 12.1 Å². The molecule has 140 valence electrons. The van der Waals surface area contributed by atoms with E-state index in [9.17, 15) is 17.6 Å². The van der Waals surface area contributed by atoms with Crippen molar-refractivity contribution < 1.29 is 22.0 Å². The molecule has 1 amide bonds.